The highest BCUT2D eigenvalue weighted by Gasteiger charge is 2.44. The first-order chi connectivity index (χ1) is 16.6. The zero-order valence-corrected chi connectivity index (χ0v) is 21.0. The number of halogens is 4. The second-order valence-corrected chi connectivity index (χ2v) is 9.73. The van der Waals surface area contributed by atoms with Gasteiger partial charge in [-0.25, -0.2) is 13.2 Å². The number of β-amino-alcohol motifs (C(OH)–C–C–N with tert-alkyl or cyclic N) is 2. The van der Waals surface area contributed by atoms with Crippen LogP contribution in [0.25, 0.3) is 0 Å². The molecule has 4 rings (SSSR count). The Hall–Kier alpha value is -1.97. The lowest BCUT2D eigenvalue weighted by atomic mass is 9.92. The molecule has 2 aliphatic heterocycles. The first-order valence-electron chi connectivity index (χ1n) is 11.1. The van der Waals surface area contributed by atoms with Crippen LogP contribution < -0.4 is 16.0 Å². The molecule has 12 heteroatoms. The van der Waals surface area contributed by atoms with E-state index in [4.69, 9.17) is 10.2 Å². The standard InChI is InChI=1S/C20H21F3IN3O3.C3H7NO/c21-14-4-3-13(18(17(14)23)26-16-5-2-12(24)8-15(16)22)19(29)27-10-20(30,11-27)9-25-6-1-7-28;5-3-1-4-2-3/h2-5,8,25-26,28,30H,1,6-7,9-11H2;3-5H,1-2H2. The third kappa shape index (κ3) is 7.27. The summed E-state index contributed by atoms with van der Waals surface area (Å²) in [7, 11) is 0. The van der Waals surface area contributed by atoms with Gasteiger partial charge in [0.2, 0.25) is 0 Å². The van der Waals surface area contributed by atoms with Crippen molar-refractivity contribution < 1.29 is 33.3 Å². The summed E-state index contributed by atoms with van der Waals surface area (Å²) in [5, 5.41) is 36.0. The van der Waals surface area contributed by atoms with Crippen molar-refractivity contribution in [3.8, 4) is 0 Å². The van der Waals surface area contributed by atoms with Gasteiger partial charge in [-0.3, -0.25) is 4.79 Å². The molecule has 2 fully saturated rings. The van der Waals surface area contributed by atoms with E-state index in [2.05, 4.69) is 16.0 Å². The number of amides is 1. The van der Waals surface area contributed by atoms with Gasteiger partial charge in [-0.2, -0.15) is 0 Å². The Labute approximate surface area is 214 Å². The average molecular weight is 608 g/mol. The van der Waals surface area contributed by atoms with E-state index in [0.29, 0.717) is 16.5 Å². The van der Waals surface area contributed by atoms with Crippen LogP contribution in [0.2, 0.25) is 0 Å². The van der Waals surface area contributed by atoms with Gasteiger partial charge in [-0.15, -0.1) is 0 Å². The second kappa shape index (κ2) is 12.3. The molecule has 2 aromatic carbocycles. The minimum Gasteiger partial charge on any atom is -0.396 e. The van der Waals surface area contributed by atoms with Crippen LogP contribution in [-0.4, -0.2) is 83.7 Å². The Bertz CT molecular complexity index is 1040. The number of hydrogen-bond donors (Lipinski definition) is 6. The van der Waals surface area contributed by atoms with E-state index in [9.17, 15) is 23.1 Å². The number of aliphatic hydroxyl groups is 3. The third-order valence-electron chi connectivity index (χ3n) is 5.50. The number of aliphatic hydroxyl groups excluding tert-OH is 2. The van der Waals surface area contributed by atoms with Crippen LogP contribution in [0.15, 0.2) is 30.3 Å². The zero-order chi connectivity index (χ0) is 25.6. The van der Waals surface area contributed by atoms with Gasteiger partial charge in [-0.1, -0.05) is 0 Å². The summed E-state index contributed by atoms with van der Waals surface area (Å²) in [5.74, 6) is -3.74. The van der Waals surface area contributed by atoms with Crippen LogP contribution in [0, 0.1) is 21.0 Å². The van der Waals surface area contributed by atoms with Crippen LogP contribution in [0.4, 0.5) is 24.5 Å². The smallest absolute Gasteiger partial charge is 0.256 e. The highest BCUT2D eigenvalue weighted by molar-refractivity contribution is 14.1. The molecule has 0 bridgehead atoms. The molecule has 0 saturated carbocycles. The molecule has 1 amide bonds. The van der Waals surface area contributed by atoms with Gasteiger partial charge >= 0.3 is 0 Å². The number of carbonyl (C=O) groups is 1. The van der Waals surface area contributed by atoms with Gasteiger partial charge in [0, 0.05) is 29.8 Å². The molecule has 0 atom stereocenters. The summed E-state index contributed by atoms with van der Waals surface area (Å²) < 4.78 is 43.1. The fourth-order valence-corrected chi connectivity index (χ4v) is 3.92. The van der Waals surface area contributed by atoms with Crippen molar-refractivity contribution in [3.05, 3.63) is 56.9 Å². The SMILES string of the molecule is O=C(c1ccc(F)c(F)c1Nc1ccc(I)cc1F)N1CC(O)(CNCCCO)C1.OC1CNC1. The Morgan fingerprint density at radius 2 is 1.86 bits per heavy atom. The molecule has 35 heavy (non-hydrogen) atoms. The van der Waals surface area contributed by atoms with Gasteiger partial charge in [0.25, 0.3) is 5.91 Å². The van der Waals surface area contributed by atoms with E-state index in [1.165, 1.54) is 17.0 Å². The van der Waals surface area contributed by atoms with E-state index in [1.807, 2.05) is 22.6 Å². The molecule has 6 N–H and O–H groups in total. The van der Waals surface area contributed by atoms with Gasteiger partial charge < -0.3 is 36.2 Å². The maximum absolute atomic E-state index is 14.5. The lowest BCUT2D eigenvalue weighted by Crippen LogP contribution is -2.67. The fourth-order valence-electron chi connectivity index (χ4n) is 3.47. The Morgan fingerprint density at radius 1 is 1.17 bits per heavy atom. The summed E-state index contributed by atoms with van der Waals surface area (Å²) in [6, 6.07) is 6.14. The number of hydrogen-bond acceptors (Lipinski definition) is 7. The first-order valence-corrected chi connectivity index (χ1v) is 12.1. The van der Waals surface area contributed by atoms with E-state index in [1.54, 1.807) is 6.07 Å². The summed E-state index contributed by atoms with van der Waals surface area (Å²) in [6.07, 6.45) is 0.493. The Kier molecular flexibility index (Phi) is 9.72. The molecule has 0 spiro atoms. The summed E-state index contributed by atoms with van der Waals surface area (Å²) in [4.78, 5) is 14.1. The van der Waals surface area contributed by atoms with Crippen molar-refractivity contribution >= 4 is 39.9 Å². The van der Waals surface area contributed by atoms with Gasteiger partial charge in [0.15, 0.2) is 11.6 Å². The molecule has 2 heterocycles. The van der Waals surface area contributed by atoms with Crippen LogP contribution in [0.1, 0.15) is 16.8 Å². The number of nitrogens with one attached hydrogen (secondary N) is 3. The Balaban J connectivity index is 0.000000607. The summed E-state index contributed by atoms with van der Waals surface area (Å²) >= 11 is 1.92. The van der Waals surface area contributed by atoms with Gasteiger partial charge in [0.05, 0.1) is 36.1 Å². The van der Waals surface area contributed by atoms with Crippen molar-refractivity contribution in [1.82, 2.24) is 15.5 Å². The molecule has 192 valence electrons. The molecule has 2 aromatic rings. The maximum atomic E-state index is 14.5. The maximum Gasteiger partial charge on any atom is 0.256 e. The van der Waals surface area contributed by atoms with Crippen molar-refractivity contribution in [2.45, 2.75) is 18.1 Å². The molecule has 0 radical (unpaired) electrons. The molecule has 0 aliphatic carbocycles. The molecule has 0 aromatic heterocycles. The normalized spacial score (nSPS) is 16.6. The van der Waals surface area contributed by atoms with Crippen molar-refractivity contribution in [3.63, 3.8) is 0 Å². The van der Waals surface area contributed by atoms with E-state index >= 15 is 0 Å². The number of anilines is 2. The molecule has 8 nitrogen and oxygen atoms in total. The van der Waals surface area contributed by atoms with Crippen molar-refractivity contribution in [2.75, 3.05) is 51.2 Å². The van der Waals surface area contributed by atoms with Gasteiger partial charge in [0.1, 0.15) is 11.4 Å². The van der Waals surface area contributed by atoms with E-state index in [0.717, 1.165) is 25.2 Å². The van der Waals surface area contributed by atoms with Crippen LogP contribution in [0.3, 0.4) is 0 Å². The van der Waals surface area contributed by atoms with E-state index in [-0.39, 0.29) is 43.6 Å². The topological polar surface area (TPSA) is 117 Å². The fraction of sp³-hybridized carbons (Fsp3) is 0.435. The summed E-state index contributed by atoms with van der Waals surface area (Å²) in [6.45, 7) is 2.38. The average Bonchev–Trinajstić information content (AvgIpc) is 2.78. The largest absolute Gasteiger partial charge is 0.396 e. The lowest BCUT2D eigenvalue weighted by Gasteiger charge is -2.46. The molecular formula is C23H28F3IN4O4. The van der Waals surface area contributed by atoms with Crippen LogP contribution in [-0.2, 0) is 0 Å². The quantitative estimate of drug-likeness (QED) is 0.199. The molecule has 0 unspecified atom stereocenters. The number of nitrogens with zero attached hydrogens (tertiary/aromatic N) is 1. The second-order valence-electron chi connectivity index (χ2n) is 8.48. The molecule has 2 saturated heterocycles. The minimum absolute atomic E-state index is 0.00822. The van der Waals surface area contributed by atoms with Crippen molar-refractivity contribution in [1.29, 1.82) is 0 Å². The Morgan fingerprint density at radius 3 is 2.43 bits per heavy atom. The molecule has 2 aliphatic rings. The number of carbonyl (C=O) groups excluding carboxylic acids is 1. The highest BCUT2D eigenvalue weighted by Crippen LogP contribution is 2.31. The number of rotatable bonds is 8. The number of benzene rings is 2. The van der Waals surface area contributed by atoms with E-state index < -0.39 is 34.6 Å². The minimum atomic E-state index is -1.29. The molecular weight excluding hydrogens is 580 g/mol. The van der Waals surface area contributed by atoms with Crippen molar-refractivity contribution in [2.24, 2.45) is 0 Å². The predicted molar refractivity (Wildman–Crippen MR) is 133 cm³/mol. The summed E-state index contributed by atoms with van der Waals surface area (Å²) in [5.41, 5.74) is -1.86. The van der Waals surface area contributed by atoms with Crippen LogP contribution in [0.5, 0.6) is 0 Å². The first kappa shape index (κ1) is 27.6. The lowest BCUT2D eigenvalue weighted by molar-refractivity contribution is -0.0785. The zero-order valence-electron chi connectivity index (χ0n) is 18.8. The third-order valence-corrected chi connectivity index (χ3v) is 6.17. The predicted octanol–water partition coefficient (Wildman–Crippen LogP) is 1.56. The van der Waals surface area contributed by atoms with Gasteiger partial charge in [-0.05, 0) is 65.9 Å². The van der Waals surface area contributed by atoms with Crippen LogP contribution >= 0.6 is 22.6 Å². The monoisotopic (exact) mass is 608 g/mol. The number of likely N-dealkylation sites (tertiary alicyclic amines) is 1. The highest BCUT2D eigenvalue weighted by atomic mass is 127.